The molecule has 1 saturated heterocycles. The third-order valence-electron chi connectivity index (χ3n) is 5.85. The van der Waals surface area contributed by atoms with Crippen molar-refractivity contribution in [3.63, 3.8) is 0 Å². The van der Waals surface area contributed by atoms with Gasteiger partial charge in [-0.25, -0.2) is 4.39 Å². The predicted molar refractivity (Wildman–Crippen MR) is 107 cm³/mol. The molecule has 3 aromatic rings. The molecule has 0 spiro atoms. The van der Waals surface area contributed by atoms with Gasteiger partial charge in [0.25, 0.3) is 0 Å². The van der Waals surface area contributed by atoms with Crippen LogP contribution in [0.1, 0.15) is 18.4 Å². The van der Waals surface area contributed by atoms with Gasteiger partial charge in [0.1, 0.15) is 5.82 Å². The number of carbonyl (C=O) groups is 1. The van der Waals surface area contributed by atoms with Gasteiger partial charge in [-0.1, -0.05) is 12.1 Å². The number of carbonyl (C=O) groups excluding carboxylic acids is 1. The van der Waals surface area contributed by atoms with Gasteiger partial charge in [0, 0.05) is 30.2 Å². The highest BCUT2D eigenvalue weighted by Gasteiger charge is 2.52. The molecule has 1 aromatic heterocycles. The molecule has 144 valence electrons. The van der Waals surface area contributed by atoms with E-state index >= 15 is 0 Å². The summed E-state index contributed by atoms with van der Waals surface area (Å²) in [5.41, 5.74) is 2.97. The summed E-state index contributed by atoms with van der Waals surface area (Å²) in [6.45, 7) is 3.01. The fourth-order valence-corrected chi connectivity index (χ4v) is 4.14. The molecule has 2 aliphatic rings. The molecule has 0 unspecified atom stereocenters. The Balaban J connectivity index is 1.44. The van der Waals surface area contributed by atoms with Crippen LogP contribution in [0.3, 0.4) is 0 Å². The Labute approximate surface area is 162 Å². The average molecular weight is 379 g/mol. The molecular weight excluding hydrogens is 357 g/mol. The first-order valence-corrected chi connectivity index (χ1v) is 9.68. The van der Waals surface area contributed by atoms with E-state index in [1.807, 2.05) is 30.5 Å². The Morgan fingerprint density at radius 2 is 1.93 bits per heavy atom. The zero-order chi connectivity index (χ0) is 19.1. The fraction of sp³-hybridized carbons (Fsp3) is 0.318. The maximum atomic E-state index is 13.5. The van der Waals surface area contributed by atoms with E-state index in [4.69, 9.17) is 4.74 Å². The summed E-state index contributed by atoms with van der Waals surface area (Å²) < 4.78 is 19.0. The normalized spacial score (nSPS) is 18.2. The summed E-state index contributed by atoms with van der Waals surface area (Å²) in [7, 11) is 0. The number of H-pyrrole nitrogens is 1. The predicted octanol–water partition coefficient (Wildman–Crippen LogP) is 3.81. The number of halogens is 1. The molecule has 1 saturated carbocycles. The lowest BCUT2D eigenvalue weighted by Crippen LogP contribution is -2.37. The third kappa shape index (κ3) is 2.85. The first-order chi connectivity index (χ1) is 13.7. The second kappa shape index (κ2) is 6.63. The lowest BCUT2D eigenvalue weighted by Gasteiger charge is -2.30. The molecule has 2 heterocycles. The standard InChI is InChI=1S/C22H22FN3O2/c23-15-5-6-16-17(14-24-19(16)13-15)22(7-8-22)21(27)25-18-3-1-2-4-20(18)26-9-11-28-12-10-26/h1-6,13-14,24H,7-12H2,(H,25,27). The molecule has 2 N–H and O–H groups in total. The van der Waals surface area contributed by atoms with Gasteiger partial charge in [0.15, 0.2) is 0 Å². The van der Waals surface area contributed by atoms with Crippen molar-refractivity contribution >= 4 is 28.2 Å². The number of ether oxygens (including phenoxy) is 1. The molecule has 2 fully saturated rings. The van der Waals surface area contributed by atoms with Crippen LogP contribution in [0.5, 0.6) is 0 Å². The minimum absolute atomic E-state index is 0.00145. The number of para-hydroxylation sites is 2. The number of anilines is 2. The Morgan fingerprint density at radius 3 is 2.71 bits per heavy atom. The van der Waals surface area contributed by atoms with Gasteiger partial charge in [0.05, 0.1) is 30.0 Å². The number of rotatable bonds is 4. The summed E-state index contributed by atoms with van der Waals surface area (Å²) >= 11 is 0. The molecule has 5 rings (SSSR count). The van der Waals surface area contributed by atoms with Gasteiger partial charge in [-0.15, -0.1) is 0 Å². The first kappa shape index (κ1) is 17.3. The van der Waals surface area contributed by atoms with Crippen molar-refractivity contribution in [1.82, 2.24) is 4.98 Å². The highest BCUT2D eigenvalue weighted by molar-refractivity contribution is 6.06. The Hall–Kier alpha value is -2.86. The van der Waals surface area contributed by atoms with Crippen LogP contribution in [0.2, 0.25) is 0 Å². The topological polar surface area (TPSA) is 57.4 Å². The summed E-state index contributed by atoms with van der Waals surface area (Å²) in [6, 6.07) is 12.6. The monoisotopic (exact) mass is 379 g/mol. The lowest BCUT2D eigenvalue weighted by molar-refractivity contribution is -0.118. The van der Waals surface area contributed by atoms with E-state index < -0.39 is 5.41 Å². The van der Waals surface area contributed by atoms with Crippen LogP contribution in [-0.4, -0.2) is 37.2 Å². The summed E-state index contributed by atoms with van der Waals surface area (Å²) in [6.07, 6.45) is 3.44. The average Bonchev–Trinajstić information content (AvgIpc) is 3.43. The van der Waals surface area contributed by atoms with Crippen molar-refractivity contribution in [1.29, 1.82) is 0 Å². The summed E-state index contributed by atoms with van der Waals surface area (Å²) in [5, 5.41) is 4.08. The van der Waals surface area contributed by atoms with E-state index in [0.29, 0.717) is 13.2 Å². The molecule has 1 amide bonds. The summed E-state index contributed by atoms with van der Waals surface area (Å²) in [4.78, 5) is 18.7. The van der Waals surface area contributed by atoms with Gasteiger partial charge in [0.2, 0.25) is 5.91 Å². The van der Waals surface area contributed by atoms with E-state index in [1.165, 1.54) is 12.1 Å². The van der Waals surface area contributed by atoms with Gasteiger partial charge in [-0.3, -0.25) is 4.79 Å². The minimum atomic E-state index is -0.547. The number of nitrogens with zero attached hydrogens (tertiary/aromatic N) is 1. The molecule has 6 heteroatoms. The van der Waals surface area contributed by atoms with Crippen LogP contribution in [0.15, 0.2) is 48.7 Å². The molecule has 28 heavy (non-hydrogen) atoms. The maximum absolute atomic E-state index is 13.5. The molecule has 5 nitrogen and oxygen atoms in total. The highest BCUT2D eigenvalue weighted by atomic mass is 19.1. The van der Waals surface area contributed by atoms with Crippen molar-refractivity contribution in [2.24, 2.45) is 0 Å². The smallest absolute Gasteiger partial charge is 0.235 e. The molecule has 1 aliphatic carbocycles. The van der Waals surface area contributed by atoms with Crippen LogP contribution in [0.25, 0.3) is 10.9 Å². The number of morpholine rings is 1. The Bertz CT molecular complexity index is 1040. The number of aromatic amines is 1. The van der Waals surface area contributed by atoms with E-state index in [1.54, 1.807) is 6.07 Å². The van der Waals surface area contributed by atoms with Crippen molar-refractivity contribution < 1.29 is 13.9 Å². The first-order valence-electron chi connectivity index (χ1n) is 9.68. The Morgan fingerprint density at radius 1 is 1.14 bits per heavy atom. The fourth-order valence-electron chi connectivity index (χ4n) is 4.14. The van der Waals surface area contributed by atoms with Crippen LogP contribution in [0.4, 0.5) is 15.8 Å². The number of hydrogen-bond acceptors (Lipinski definition) is 3. The van der Waals surface area contributed by atoms with Gasteiger partial charge in [-0.05, 0) is 48.7 Å². The zero-order valence-electron chi connectivity index (χ0n) is 15.5. The lowest BCUT2D eigenvalue weighted by atomic mass is 9.94. The van der Waals surface area contributed by atoms with E-state index in [2.05, 4.69) is 15.2 Å². The molecule has 0 radical (unpaired) electrons. The molecule has 0 atom stereocenters. The number of fused-ring (bicyclic) bond motifs is 1. The largest absolute Gasteiger partial charge is 0.378 e. The molecular formula is C22H22FN3O2. The summed E-state index contributed by atoms with van der Waals surface area (Å²) in [5.74, 6) is -0.284. The van der Waals surface area contributed by atoms with E-state index in [9.17, 15) is 9.18 Å². The van der Waals surface area contributed by atoms with Crippen molar-refractivity contribution in [2.75, 3.05) is 36.5 Å². The minimum Gasteiger partial charge on any atom is -0.378 e. The number of benzene rings is 2. The Kier molecular flexibility index (Phi) is 4.09. The highest BCUT2D eigenvalue weighted by Crippen LogP contribution is 2.51. The SMILES string of the molecule is O=C(Nc1ccccc1N1CCOCC1)C1(c2c[nH]c3cc(F)ccc23)CC1. The van der Waals surface area contributed by atoms with Crippen molar-refractivity contribution in [3.05, 3.63) is 60.0 Å². The molecule has 0 bridgehead atoms. The maximum Gasteiger partial charge on any atom is 0.235 e. The second-order valence-electron chi connectivity index (χ2n) is 7.55. The van der Waals surface area contributed by atoms with Crippen molar-refractivity contribution in [3.8, 4) is 0 Å². The van der Waals surface area contributed by atoms with Gasteiger partial charge < -0.3 is 19.9 Å². The number of nitrogens with one attached hydrogen (secondary N) is 2. The molecule has 2 aromatic carbocycles. The van der Waals surface area contributed by atoms with Crippen LogP contribution < -0.4 is 10.2 Å². The third-order valence-corrected chi connectivity index (χ3v) is 5.85. The quantitative estimate of drug-likeness (QED) is 0.725. The van der Waals surface area contributed by atoms with Crippen LogP contribution in [-0.2, 0) is 14.9 Å². The zero-order valence-corrected chi connectivity index (χ0v) is 15.5. The van der Waals surface area contributed by atoms with Crippen LogP contribution in [0, 0.1) is 5.82 Å². The number of hydrogen-bond donors (Lipinski definition) is 2. The van der Waals surface area contributed by atoms with Gasteiger partial charge in [-0.2, -0.15) is 0 Å². The van der Waals surface area contributed by atoms with Crippen molar-refractivity contribution in [2.45, 2.75) is 18.3 Å². The van der Waals surface area contributed by atoms with E-state index in [0.717, 1.165) is 53.8 Å². The second-order valence-corrected chi connectivity index (χ2v) is 7.55. The van der Waals surface area contributed by atoms with Crippen LogP contribution >= 0.6 is 0 Å². The van der Waals surface area contributed by atoms with E-state index in [-0.39, 0.29) is 11.7 Å². The molecule has 1 aliphatic heterocycles. The number of amides is 1. The number of aromatic nitrogens is 1. The van der Waals surface area contributed by atoms with Gasteiger partial charge >= 0.3 is 0 Å².